The third-order valence-electron chi connectivity index (χ3n) is 2.09. The maximum absolute atomic E-state index is 13.2. The quantitative estimate of drug-likeness (QED) is 0.857. The molecule has 0 heterocycles. The van der Waals surface area contributed by atoms with Gasteiger partial charge in [0.15, 0.2) is 0 Å². The molecular weight excluding hydrogens is 220 g/mol. The first kappa shape index (κ1) is 12.3. The Bertz CT molecular complexity index is 370. The van der Waals surface area contributed by atoms with E-state index in [9.17, 15) is 13.0 Å². The first-order valence-corrected chi connectivity index (χ1v) is 5.94. The van der Waals surface area contributed by atoms with Crippen molar-refractivity contribution in [2.75, 3.05) is 6.54 Å². The fraction of sp³-hybridized carbons (Fsp3) is 0.400. The van der Waals surface area contributed by atoms with E-state index in [4.69, 9.17) is 5.73 Å². The molecule has 1 rings (SSSR count). The fourth-order valence-corrected chi connectivity index (χ4v) is 2.08. The molecule has 1 aromatic carbocycles. The average Bonchev–Trinajstić information content (AvgIpc) is 2.22. The second kappa shape index (κ2) is 5.32. The lowest BCUT2D eigenvalue weighted by molar-refractivity contribution is 0.590. The molecule has 0 spiro atoms. The number of benzene rings is 1. The largest absolute Gasteiger partial charge is 0.329 e. The van der Waals surface area contributed by atoms with Gasteiger partial charge in [-0.1, -0.05) is 0 Å². The van der Waals surface area contributed by atoms with Crippen LogP contribution in [-0.4, -0.2) is 16.0 Å². The van der Waals surface area contributed by atoms with E-state index in [-0.39, 0.29) is 23.1 Å². The van der Waals surface area contributed by atoms with Crippen molar-refractivity contribution in [2.24, 2.45) is 5.73 Å². The smallest absolute Gasteiger partial charge is 0.127 e. The molecule has 0 saturated heterocycles. The van der Waals surface area contributed by atoms with Crippen molar-refractivity contribution in [1.29, 1.82) is 0 Å². The van der Waals surface area contributed by atoms with E-state index in [2.05, 4.69) is 0 Å². The minimum Gasteiger partial charge on any atom is -0.329 e. The first-order valence-electron chi connectivity index (χ1n) is 4.55. The molecule has 2 atom stereocenters. The molecule has 0 aliphatic carbocycles. The van der Waals surface area contributed by atoms with Crippen LogP contribution in [-0.2, 0) is 16.6 Å². The molecule has 0 aliphatic heterocycles. The molecule has 0 bridgehead atoms. The van der Waals surface area contributed by atoms with Gasteiger partial charge < -0.3 is 5.73 Å². The third-order valence-corrected chi connectivity index (χ3v) is 3.77. The number of hydrogen-bond donors (Lipinski definition) is 1. The van der Waals surface area contributed by atoms with Gasteiger partial charge in [-0.2, -0.15) is 0 Å². The number of nitrogens with two attached hydrogens (primary N) is 1. The van der Waals surface area contributed by atoms with Crippen LogP contribution in [0, 0.1) is 11.6 Å². The fourth-order valence-electron chi connectivity index (χ4n) is 1.06. The summed E-state index contributed by atoms with van der Waals surface area (Å²) in [7, 11) is -1.27. The summed E-state index contributed by atoms with van der Waals surface area (Å²) >= 11 is 0. The van der Waals surface area contributed by atoms with Crippen molar-refractivity contribution >= 4 is 10.8 Å². The molecular formula is C10H13F2NOS. The highest BCUT2D eigenvalue weighted by molar-refractivity contribution is 7.84. The minimum absolute atomic E-state index is 0.00194. The maximum atomic E-state index is 13.2. The monoisotopic (exact) mass is 233 g/mol. The molecule has 0 radical (unpaired) electrons. The van der Waals surface area contributed by atoms with Crippen LogP contribution < -0.4 is 5.73 Å². The molecule has 1 aromatic rings. The lowest BCUT2D eigenvalue weighted by Crippen LogP contribution is -2.23. The summed E-state index contributed by atoms with van der Waals surface area (Å²) in [6, 6.07) is 3.14. The summed E-state index contributed by atoms with van der Waals surface area (Å²) in [6.45, 7) is 1.98. The van der Waals surface area contributed by atoms with Gasteiger partial charge in [0.2, 0.25) is 0 Å². The van der Waals surface area contributed by atoms with Gasteiger partial charge in [0.05, 0.1) is 5.75 Å². The van der Waals surface area contributed by atoms with Crippen molar-refractivity contribution in [1.82, 2.24) is 0 Å². The minimum atomic E-state index is -1.27. The lowest BCUT2D eigenvalue weighted by atomic mass is 10.2. The van der Waals surface area contributed by atoms with Crippen LogP contribution in [0.2, 0.25) is 0 Å². The molecule has 2 N–H and O–H groups in total. The molecule has 2 unspecified atom stereocenters. The third kappa shape index (κ3) is 3.35. The summed E-state index contributed by atoms with van der Waals surface area (Å²) in [6.07, 6.45) is 0. The van der Waals surface area contributed by atoms with E-state index in [1.807, 2.05) is 0 Å². The van der Waals surface area contributed by atoms with E-state index in [0.717, 1.165) is 18.2 Å². The summed E-state index contributed by atoms with van der Waals surface area (Å²) in [5.41, 5.74) is 5.47. The van der Waals surface area contributed by atoms with Crippen molar-refractivity contribution in [2.45, 2.75) is 17.9 Å². The van der Waals surface area contributed by atoms with Gasteiger partial charge in [0.25, 0.3) is 0 Å². The van der Waals surface area contributed by atoms with E-state index < -0.39 is 22.4 Å². The second-order valence-corrected chi connectivity index (χ2v) is 5.16. The van der Waals surface area contributed by atoms with Crippen LogP contribution in [0.25, 0.3) is 0 Å². The Hall–Kier alpha value is -0.810. The van der Waals surface area contributed by atoms with Crippen LogP contribution in [0.1, 0.15) is 12.5 Å². The van der Waals surface area contributed by atoms with E-state index in [1.54, 1.807) is 6.92 Å². The standard InChI is InChI=1S/C10H13F2NOS/c1-7(5-13)15(14)6-8-4-9(11)2-3-10(8)12/h2-4,7H,5-6,13H2,1H3. The first-order chi connectivity index (χ1) is 7.04. The Morgan fingerprint density at radius 2 is 2.13 bits per heavy atom. The van der Waals surface area contributed by atoms with Gasteiger partial charge >= 0.3 is 0 Å². The Balaban J connectivity index is 2.80. The Kier molecular flexibility index (Phi) is 4.35. The highest BCUT2D eigenvalue weighted by Gasteiger charge is 2.12. The number of hydrogen-bond acceptors (Lipinski definition) is 2. The highest BCUT2D eigenvalue weighted by atomic mass is 32.2. The van der Waals surface area contributed by atoms with Crippen LogP contribution >= 0.6 is 0 Å². The highest BCUT2D eigenvalue weighted by Crippen LogP contribution is 2.13. The predicted octanol–water partition coefficient (Wildman–Crippen LogP) is 1.56. The molecule has 0 aromatic heterocycles. The van der Waals surface area contributed by atoms with Gasteiger partial charge in [0.1, 0.15) is 11.6 Å². The second-order valence-electron chi connectivity index (χ2n) is 3.31. The lowest BCUT2D eigenvalue weighted by Gasteiger charge is -2.09. The van der Waals surface area contributed by atoms with E-state index in [1.165, 1.54) is 0 Å². The van der Waals surface area contributed by atoms with Gasteiger partial charge in [0, 0.05) is 28.2 Å². The normalized spacial score (nSPS) is 14.9. The molecule has 0 amide bonds. The topological polar surface area (TPSA) is 43.1 Å². The summed E-state index contributed by atoms with van der Waals surface area (Å²) in [4.78, 5) is 0. The van der Waals surface area contributed by atoms with Gasteiger partial charge in [-0.05, 0) is 25.1 Å². The van der Waals surface area contributed by atoms with Crippen LogP contribution in [0.5, 0.6) is 0 Å². The zero-order valence-corrected chi connectivity index (χ0v) is 9.19. The van der Waals surface area contributed by atoms with Gasteiger partial charge in [-0.15, -0.1) is 0 Å². The van der Waals surface area contributed by atoms with Gasteiger partial charge in [-0.3, -0.25) is 4.21 Å². The van der Waals surface area contributed by atoms with Crippen molar-refractivity contribution in [3.05, 3.63) is 35.4 Å². The van der Waals surface area contributed by atoms with E-state index >= 15 is 0 Å². The SMILES string of the molecule is CC(CN)S(=O)Cc1cc(F)ccc1F. The predicted molar refractivity (Wildman–Crippen MR) is 56.7 cm³/mol. The van der Waals surface area contributed by atoms with Gasteiger partial charge in [-0.25, -0.2) is 8.78 Å². The summed E-state index contributed by atoms with van der Waals surface area (Å²) in [5, 5.41) is -0.215. The van der Waals surface area contributed by atoms with Crippen molar-refractivity contribution in [3.8, 4) is 0 Å². The Labute approximate surface area is 89.9 Å². The zero-order valence-electron chi connectivity index (χ0n) is 8.37. The molecule has 84 valence electrons. The van der Waals surface area contributed by atoms with E-state index in [0.29, 0.717) is 0 Å². The van der Waals surface area contributed by atoms with Crippen molar-refractivity contribution < 1.29 is 13.0 Å². The van der Waals surface area contributed by atoms with Crippen LogP contribution in [0.15, 0.2) is 18.2 Å². The molecule has 0 saturated carbocycles. The molecule has 15 heavy (non-hydrogen) atoms. The van der Waals surface area contributed by atoms with Crippen molar-refractivity contribution in [3.63, 3.8) is 0 Å². The molecule has 2 nitrogen and oxygen atoms in total. The zero-order chi connectivity index (χ0) is 11.4. The number of rotatable bonds is 4. The summed E-state index contributed by atoms with van der Waals surface area (Å²) < 4.78 is 37.5. The Morgan fingerprint density at radius 1 is 1.47 bits per heavy atom. The summed E-state index contributed by atoms with van der Waals surface area (Å²) in [5.74, 6) is -1.06. The average molecular weight is 233 g/mol. The van der Waals surface area contributed by atoms with Crippen LogP contribution in [0.4, 0.5) is 8.78 Å². The Morgan fingerprint density at radius 3 is 2.73 bits per heavy atom. The number of halogens is 2. The molecule has 5 heteroatoms. The molecule has 0 fully saturated rings. The maximum Gasteiger partial charge on any atom is 0.127 e. The molecule has 0 aliphatic rings. The van der Waals surface area contributed by atoms with Crippen LogP contribution in [0.3, 0.4) is 0 Å².